The zero-order valence-electron chi connectivity index (χ0n) is 9.37. The molecule has 1 fully saturated rings. The van der Waals surface area contributed by atoms with Gasteiger partial charge in [-0.15, -0.1) is 0 Å². The van der Waals surface area contributed by atoms with Gasteiger partial charge in [-0.3, -0.25) is 4.79 Å². The summed E-state index contributed by atoms with van der Waals surface area (Å²) in [5.41, 5.74) is 1.86. The average Bonchev–Trinajstić information content (AvgIpc) is 3.12. The van der Waals surface area contributed by atoms with Crippen molar-refractivity contribution in [2.24, 2.45) is 11.0 Å². The largest absolute Gasteiger partial charge is 0.416 e. The summed E-state index contributed by atoms with van der Waals surface area (Å²) < 4.78 is 37.3. The van der Waals surface area contributed by atoms with Crippen LogP contribution in [0, 0.1) is 5.92 Å². The first-order valence-electron chi connectivity index (χ1n) is 5.47. The van der Waals surface area contributed by atoms with Crippen LogP contribution in [0.3, 0.4) is 0 Å². The van der Waals surface area contributed by atoms with Crippen LogP contribution in [0.5, 0.6) is 0 Å². The van der Waals surface area contributed by atoms with E-state index in [4.69, 9.17) is 0 Å². The molecular weight excluding hydrogens is 245 g/mol. The summed E-state index contributed by atoms with van der Waals surface area (Å²) in [6, 6.07) is 4.75. The predicted molar refractivity (Wildman–Crippen MR) is 59.9 cm³/mol. The van der Waals surface area contributed by atoms with E-state index in [1.807, 2.05) is 0 Å². The number of amides is 1. The molecule has 1 aliphatic carbocycles. The van der Waals surface area contributed by atoms with Crippen LogP contribution in [0.1, 0.15) is 24.0 Å². The van der Waals surface area contributed by atoms with Gasteiger partial charge in [-0.1, -0.05) is 12.1 Å². The van der Waals surface area contributed by atoms with E-state index < -0.39 is 11.7 Å². The van der Waals surface area contributed by atoms with E-state index in [0.717, 1.165) is 25.0 Å². The van der Waals surface area contributed by atoms with Gasteiger partial charge in [-0.05, 0) is 30.5 Å². The number of nitrogens with one attached hydrogen (secondary N) is 1. The number of nitrogens with zero attached hydrogens (tertiary/aromatic N) is 1. The van der Waals surface area contributed by atoms with E-state index in [0.29, 0.717) is 5.56 Å². The number of halogens is 3. The first-order chi connectivity index (χ1) is 8.47. The van der Waals surface area contributed by atoms with Gasteiger partial charge in [-0.2, -0.15) is 18.3 Å². The van der Waals surface area contributed by atoms with Crippen LogP contribution < -0.4 is 5.43 Å². The third-order valence-corrected chi connectivity index (χ3v) is 2.55. The molecule has 0 aromatic heterocycles. The molecule has 0 heterocycles. The van der Waals surface area contributed by atoms with Crippen molar-refractivity contribution in [1.29, 1.82) is 0 Å². The molecule has 1 aromatic carbocycles. The quantitative estimate of drug-likeness (QED) is 0.655. The van der Waals surface area contributed by atoms with E-state index in [1.54, 1.807) is 0 Å². The molecule has 1 N–H and O–H groups in total. The fourth-order valence-corrected chi connectivity index (χ4v) is 1.40. The van der Waals surface area contributed by atoms with Gasteiger partial charge in [0.05, 0.1) is 11.8 Å². The fraction of sp³-hybridized carbons (Fsp3) is 0.333. The molecule has 1 amide bonds. The molecule has 0 unspecified atom stereocenters. The summed E-state index contributed by atoms with van der Waals surface area (Å²) in [6.07, 6.45) is -1.47. The molecule has 3 nitrogen and oxygen atoms in total. The summed E-state index contributed by atoms with van der Waals surface area (Å²) in [6.45, 7) is 0. The summed E-state index contributed by atoms with van der Waals surface area (Å²) in [7, 11) is 0. The van der Waals surface area contributed by atoms with E-state index in [2.05, 4.69) is 10.5 Å². The van der Waals surface area contributed by atoms with Crippen molar-refractivity contribution in [2.75, 3.05) is 0 Å². The van der Waals surface area contributed by atoms with Crippen LogP contribution in [0.15, 0.2) is 29.4 Å². The number of benzene rings is 1. The summed E-state index contributed by atoms with van der Waals surface area (Å²) in [5.74, 6) is -0.165. The molecule has 0 atom stereocenters. The van der Waals surface area contributed by atoms with Crippen LogP contribution >= 0.6 is 0 Å². The molecule has 18 heavy (non-hydrogen) atoms. The highest BCUT2D eigenvalue weighted by molar-refractivity contribution is 5.84. The lowest BCUT2D eigenvalue weighted by molar-refractivity contribution is -0.137. The highest BCUT2D eigenvalue weighted by Crippen LogP contribution is 2.29. The van der Waals surface area contributed by atoms with Crippen LogP contribution in [0.4, 0.5) is 13.2 Å². The molecule has 1 aromatic rings. The second kappa shape index (κ2) is 4.80. The molecule has 0 saturated heterocycles. The minimum Gasteiger partial charge on any atom is -0.273 e. The maximum Gasteiger partial charge on any atom is 0.416 e. The topological polar surface area (TPSA) is 41.5 Å². The van der Waals surface area contributed by atoms with Gasteiger partial charge in [0.15, 0.2) is 0 Å². The lowest BCUT2D eigenvalue weighted by Crippen LogP contribution is -2.19. The molecule has 1 saturated carbocycles. The van der Waals surface area contributed by atoms with Gasteiger partial charge < -0.3 is 0 Å². The minimum absolute atomic E-state index is 0.0173. The Labute approximate surface area is 102 Å². The van der Waals surface area contributed by atoms with E-state index in [1.165, 1.54) is 18.3 Å². The Kier molecular flexibility index (Phi) is 3.36. The van der Waals surface area contributed by atoms with Gasteiger partial charge >= 0.3 is 6.18 Å². The Hall–Kier alpha value is -1.85. The standard InChI is InChI=1S/C12H11F3N2O/c13-12(14,15)10-3-1-2-8(6-10)7-16-17-11(18)9-4-5-9/h1-3,6-7,9H,4-5H2,(H,17,18)/b16-7+. The molecule has 0 bridgehead atoms. The number of hydrogen-bond acceptors (Lipinski definition) is 2. The second-order valence-electron chi connectivity index (χ2n) is 4.13. The zero-order chi connectivity index (χ0) is 13.2. The number of hydrogen-bond donors (Lipinski definition) is 1. The Bertz CT molecular complexity index is 478. The van der Waals surface area contributed by atoms with Crippen molar-refractivity contribution in [3.8, 4) is 0 Å². The Morgan fingerprint density at radius 1 is 1.39 bits per heavy atom. The molecule has 0 aliphatic heterocycles. The van der Waals surface area contributed by atoms with Crippen molar-refractivity contribution >= 4 is 12.1 Å². The number of alkyl halides is 3. The molecule has 96 valence electrons. The first kappa shape index (κ1) is 12.6. The number of rotatable bonds is 3. The normalized spacial score (nSPS) is 15.9. The first-order valence-corrected chi connectivity index (χ1v) is 5.47. The van der Waals surface area contributed by atoms with Crippen molar-refractivity contribution in [1.82, 2.24) is 5.43 Å². The SMILES string of the molecule is O=C(N/N=C/c1cccc(C(F)(F)F)c1)C1CC1. The maximum absolute atomic E-state index is 12.4. The Morgan fingerprint density at radius 3 is 2.72 bits per heavy atom. The predicted octanol–water partition coefficient (Wildman–Crippen LogP) is 2.57. The lowest BCUT2D eigenvalue weighted by atomic mass is 10.1. The summed E-state index contributed by atoms with van der Waals surface area (Å²) in [5, 5.41) is 3.63. The van der Waals surface area contributed by atoms with Crippen molar-refractivity contribution < 1.29 is 18.0 Å². The van der Waals surface area contributed by atoms with E-state index in [-0.39, 0.29) is 11.8 Å². The number of hydrazone groups is 1. The second-order valence-corrected chi connectivity index (χ2v) is 4.13. The fourth-order valence-electron chi connectivity index (χ4n) is 1.40. The van der Waals surface area contributed by atoms with Gasteiger partial charge in [0.1, 0.15) is 0 Å². The Balaban J connectivity index is 2.00. The highest BCUT2D eigenvalue weighted by atomic mass is 19.4. The molecule has 0 radical (unpaired) electrons. The van der Waals surface area contributed by atoms with Crippen molar-refractivity contribution in [3.05, 3.63) is 35.4 Å². The number of carbonyl (C=O) groups excluding carboxylic acids is 1. The van der Waals surface area contributed by atoms with E-state index in [9.17, 15) is 18.0 Å². The summed E-state index contributed by atoms with van der Waals surface area (Å²) in [4.78, 5) is 11.2. The molecular formula is C12H11F3N2O. The van der Waals surface area contributed by atoms with Crippen LogP contribution in [-0.2, 0) is 11.0 Å². The van der Waals surface area contributed by atoms with Gasteiger partial charge in [0, 0.05) is 5.92 Å². The third-order valence-electron chi connectivity index (χ3n) is 2.55. The molecule has 1 aliphatic rings. The summed E-state index contributed by atoms with van der Waals surface area (Å²) >= 11 is 0. The van der Waals surface area contributed by atoms with Gasteiger partial charge in [0.2, 0.25) is 5.91 Å². The van der Waals surface area contributed by atoms with Gasteiger partial charge in [-0.25, -0.2) is 5.43 Å². The smallest absolute Gasteiger partial charge is 0.273 e. The number of carbonyl (C=O) groups is 1. The third kappa shape index (κ3) is 3.32. The molecule has 2 rings (SSSR count). The zero-order valence-corrected chi connectivity index (χ0v) is 9.37. The van der Waals surface area contributed by atoms with Crippen LogP contribution in [0.2, 0.25) is 0 Å². The van der Waals surface area contributed by atoms with Crippen LogP contribution in [-0.4, -0.2) is 12.1 Å². The van der Waals surface area contributed by atoms with Crippen molar-refractivity contribution in [3.63, 3.8) is 0 Å². The lowest BCUT2D eigenvalue weighted by Gasteiger charge is -2.06. The molecule has 0 spiro atoms. The minimum atomic E-state index is -4.37. The van der Waals surface area contributed by atoms with Gasteiger partial charge in [0.25, 0.3) is 0 Å². The molecule has 6 heteroatoms. The highest BCUT2D eigenvalue weighted by Gasteiger charge is 2.30. The maximum atomic E-state index is 12.4. The van der Waals surface area contributed by atoms with Crippen molar-refractivity contribution in [2.45, 2.75) is 19.0 Å². The van der Waals surface area contributed by atoms with E-state index >= 15 is 0 Å². The van der Waals surface area contributed by atoms with Crippen LogP contribution in [0.25, 0.3) is 0 Å². The average molecular weight is 256 g/mol. The monoisotopic (exact) mass is 256 g/mol. The Morgan fingerprint density at radius 2 is 2.11 bits per heavy atom.